The summed E-state index contributed by atoms with van der Waals surface area (Å²) in [6, 6.07) is -2.84. The first-order valence-electron chi connectivity index (χ1n) is 9.96. The highest BCUT2D eigenvalue weighted by Gasteiger charge is 2.27. The standard InChI is InChI=1S/C18H26N4O12/c23-11(22-10(15(27)28)6-2-4-8-20-13(25)17(31)32)9(21-14(26)18(33)34)5-1-3-7-19-12(24)16(29)30/h9-10H,1-8H2,(H,19,24)(H,20,25)(H,21,26)(H,22,23)(H,27,28)(H,29,30)(H,31,32)(H,33,34)/t9-,10-/m0/s1. The van der Waals surface area contributed by atoms with Crippen molar-refractivity contribution in [2.24, 2.45) is 0 Å². The van der Waals surface area contributed by atoms with Gasteiger partial charge < -0.3 is 41.7 Å². The lowest BCUT2D eigenvalue weighted by atomic mass is 10.1. The van der Waals surface area contributed by atoms with Crippen molar-refractivity contribution >= 4 is 47.5 Å². The molecule has 16 heteroatoms. The van der Waals surface area contributed by atoms with Crippen LogP contribution in [0.3, 0.4) is 0 Å². The summed E-state index contributed by atoms with van der Waals surface area (Å²) in [5.41, 5.74) is 0. The monoisotopic (exact) mass is 490 g/mol. The second-order valence-electron chi connectivity index (χ2n) is 6.84. The van der Waals surface area contributed by atoms with Crippen molar-refractivity contribution in [1.29, 1.82) is 0 Å². The molecule has 0 aromatic heterocycles. The SMILES string of the molecule is O=C(O)C(=O)NCCCC[C@H](NC(=O)[C@H](CCCCNC(=O)C(=O)O)NC(=O)C(=O)O)C(=O)O. The van der Waals surface area contributed by atoms with E-state index in [4.69, 9.17) is 15.3 Å². The lowest BCUT2D eigenvalue weighted by molar-refractivity contribution is -0.151. The molecule has 0 aliphatic rings. The number of nitrogens with one attached hydrogen (secondary N) is 4. The molecule has 0 aromatic carbocycles. The highest BCUT2D eigenvalue weighted by Crippen LogP contribution is 2.06. The number of rotatable bonds is 14. The van der Waals surface area contributed by atoms with Crippen LogP contribution in [-0.2, 0) is 38.4 Å². The van der Waals surface area contributed by atoms with Gasteiger partial charge in [-0.15, -0.1) is 0 Å². The van der Waals surface area contributed by atoms with E-state index in [1.54, 1.807) is 0 Å². The maximum absolute atomic E-state index is 12.5. The minimum atomic E-state index is -1.87. The fourth-order valence-corrected chi connectivity index (χ4v) is 2.52. The maximum Gasteiger partial charge on any atom is 0.394 e. The molecule has 0 spiro atoms. The van der Waals surface area contributed by atoms with Crippen molar-refractivity contribution in [1.82, 2.24) is 21.3 Å². The molecule has 8 N–H and O–H groups in total. The molecule has 2 atom stereocenters. The lowest BCUT2D eigenvalue weighted by Crippen LogP contribution is -2.52. The van der Waals surface area contributed by atoms with Crippen LogP contribution < -0.4 is 21.3 Å². The molecule has 16 nitrogen and oxygen atoms in total. The smallest absolute Gasteiger partial charge is 0.394 e. The second kappa shape index (κ2) is 15.5. The van der Waals surface area contributed by atoms with Gasteiger partial charge in [-0.3, -0.25) is 19.2 Å². The summed E-state index contributed by atoms with van der Waals surface area (Å²) in [7, 11) is 0. The van der Waals surface area contributed by atoms with Crippen LogP contribution in [-0.4, -0.2) is 93.1 Å². The predicted molar refractivity (Wildman–Crippen MR) is 108 cm³/mol. The average Bonchev–Trinajstić information content (AvgIpc) is 2.75. The summed E-state index contributed by atoms with van der Waals surface area (Å²) in [6.45, 7) is -0.107. The van der Waals surface area contributed by atoms with Gasteiger partial charge >= 0.3 is 41.6 Å². The zero-order chi connectivity index (χ0) is 26.3. The van der Waals surface area contributed by atoms with Gasteiger partial charge in [-0.2, -0.15) is 0 Å². The Morgan fingerprint density at radius 3 is 1.32 bits per heavy atom. The Morgan fingerprint density at radius 1 is 0.529 bits per heavy atom. The molecular weight excluding hydrogens is 464 g/mol. The Labute approximate surface area is 192 Å². The van der Waals surface area contributed by atoms with E-state index in [1.165, 1.54) is 0 Å². The average molecular weight is 490 g/mol. The van der Waals surface area contributed by atoms with Crippen LogP contribution in [0.5, 0.6) is 0 Å². The van der Waals surface area contributed by atoms with Crippen molar-refractivity contribution in [3.63, 3.8) is 0 Å². The number of amides is 4. The molecule has 34 heavy (non-hydrogen) atoms. The first-order chi connectivity index (χ1) is 15.9. The van der Waals surface area contributed by atoms with Gasteiger partial charge in [0.2, 0.25) is 5.91 Å². The lowest BCUT2D eigenvalue weighted by Gasteiger charge is -2.21. The third-order valence-corrected chi connectivity index (χ3v) is 4.23. The number of carboxylic acids is 4. The molecule has 0 heterocycles. The third kappa shape index (κ3) is 12.6. The van der Waals surface area contributed by atoms with Crippen LogP contribution in [0.1, 0.15) is 38.5 Å². The zero-order valence-electron chi connectivity index (χ0n) is 17.9. The molecule has 190 valence electrons. The van der Waals surface area contributed by atoms with Crippen LogP contribution in [0, 0.1) is 0 Å². The van der Waals surface area contributed by atoms with E-state index in [-0.39, 0.29) is 51.6 Å². The highest BCUT2D eigenvalue weighted by atomic mass is 16.4. The van der Waals surface area contributed by atoms with Crippen LogP contribution >= 0.6 is 0 Å². The minimum absolute atomic E-state index is 0.0405. The molecule has 0 saturated carbocycles. The van der Waals surface area contributed by atoms with E-state index >= 15 is 0 Å². The van der Waals surface area contributed by atoms with Crippen molar-refractivity contribution in [3.05, 3.63) is 0 Å². The van der Waals surface area contributed by atoms with E-state index in [9.17, 15) is 43.5 Å². The normalized spacial score (nSPS) is 11.9. The molecule has 0 aliphatic heterocycles. The summed E-state index contributed by atoms with van der Waals surface area (Å²) < 4.78 is 0. The summed E-state index contributed by atoms with van der Waals surface area (Å²) in [4.78, 5) is 88.8. The van der Waals surface area contributed by atoms with Gasteiger partial charge in [-0.1, -0.05) is 0 Å². The number of carboxylic acid groups (broad SMARTS) is 4. The van der Waals surface area contributed by atoms with Gasteiger partial charge in [-0.05, 0) is 38.5 Å². The van der Waals surface area contributed by atoms with Gasteiger partial charge in [0.05, 0.1) is 0 Å². The van der Waals surface area contributed by atoms with Crippen molar-refractivity contribution in [2.45, 2.75) is 50.6 Å². The maximum atomic E-state index is 12.5. The number of aliphatic carboxylic acids is 4. The van der Waals surface area contributed by atoms with Gasteiger partial charge in [0.25, 0.3) is 0 Å². The number of carbonyl (C=O) groups is 8. The number of hydrogen-bond donors (Lipinski definition) is 8. The topological polar surface area (TPSA) is 266 Å². The molecular formula is C18H26N4O12. The highest BCUT2D eigenvalue weighted by molar-refractivity contribution is 6.32. The summed E-state index contributed by atoms with van der Waals surface area (Å²) in [5, 5.41) is 43.2. The quantitative estimate of drug-likeness (QED) is 0.0887. The van der Waals surface area contributed by atoms with Gasteiger partial charge in [-0.25, -0.2) is 19.2 Å². The molecule has 0 saturated heterocycles. The first-order valence-corrected chi connectivity index (χ1v) is 9.96. The van der Waals surface area contributed by atoms with Gasteiger partial charge in [0.15, 0.2) is 0 Å². The van der Waals surface area contributed by atoms with Crippen LogP contribution in [0.2, 0.25) is 0 Å². The fourth-order valence-electron chi connectivity index (χ4n) is 2.52. The van der Waals surface area contributed by atoms with E-state index in [2.05, 4.69) is 16.0 Å². The molecule has 0 fully saturated rings. The Morgan fingerprint density at radius 2 is 0.941 bits per heavy atom. The zero-order valence-corrected chi connectivity index (χ0v) is 17.9. The number of hydrogen-bond acceptors (Lipinski definition) is 8. The molecule has 0 aromatic rings. The van der Waals surface area contributed by atoms with Crippen molar-refractivity contribution < 1.29 is 58.8 Å². The first kappa shape index (κ1) is 29.8. The molecule has 0 rings (SSSR count). The fraction of sp³-hybridized carbons (Fsp3) is 0.556. The second-order valence-corrected chi connectivity index (χ2v) is 6.84. The molecule has 0 aliphatic carbocycles. The van der Waals surface area contributed by atoms with Crippen molar-refractivity contribution in [2.75, 3.05) is 13.1 Å². The van der Waals surface area contributed by atoms with Crippen LogP contribution in [0.4, 0.5) is 0 Å². The summed E-state index contributed by atoms with van der Waals surface area (Å²) in [6.07, 6.45) is 0.452. The van der Waals surface area contributed by atoms with E-state index < -0.39 is 59.6 Å². The number of carbonyl (C=O) groups excluding carboxylic acids is 4. The van der Waals surface area contributed by atoms with E-state index in [1.807, 2.05) is 5.32 Å². The minimum Gasteiger partial charge on any atom is -0.480 e. The van der Waals surface area contributed by atoms with Crippen molar-refractivity contribution in [3.8, 4) is 0 Å². The summed E-state index contributed by atoms with van der Waals surface area (Å²) >= 11 is 0. The van der Waals surface area contributed by atoms with Crippen LogP contribution in [0.15, 0.2) is 0 Å². The Bertz CT molecular complexity index is 813. The van der Waals surface area contributed by atoms with E-state index in [0.717, 1.165) is 0 Å². The molecule has 0 bridgehead atoms. The summed E-state index contributed by atoms with van der Waals surface area (Å²) in [5.74, 6) is -11.6. The Kier molecular flexibility index (Phi) is 13.6. The van der Waals surface area contributed by atoms with Gasteiger partial charge in [0.1, 0.15) is 12.1 Å². The molecule has 0 unspecified atom stereocenters. The number of unbranched alkanes of at least 4 members (excludes halogenated alkanes) is 2. The predicted octanol–water partition coefficient (Wildman–Crippen LogP) is -3.13. The third-order valence-electron chi connectivity index (χ3n) is 4.23. The Hall–Kier alpha value is -4.24. The van der Waals surface area contributed by atoms with E-state index in [0.29, 0.717) is 0 Å². The molecule has 0 radical (unpaired) electrons. The van der Waals surface area contributed by atoms with Gasteiger partial charge in [0, 0.05) is 13.1 Å². The largest absolute Gasteiger partial charge is 0.480 e. The molecule has 4 amide bonds. The van der Waals surface area contributed by atoms with Crippen LogP contribution in [0.25, 0.3) is 0 Å². The Balaban J connectivity index is 4.82.